The fraction of sp³-hybridized carbons (Fsp3) is 0.385. The number of nitrogens with one attached hydrogen (secondary N) is 1. The second kappa shape index (κ2) is 7.72. The summed E-state index contributed by atoms with van der Waals surface area (Å²) in [6, 6.07) is 5.40. The van der Waals surface area contributed by atoms with Gasteiger partial charge in [-0.15, -0.1) is 0 Å². The lowest BCUT2D eigenvalue weighted by Crippen LogP contribution is -2.48. The molecule has 0 saturated carbocycles. The summed E-state index contributed by atoms with van der Waals surface area (Å²) in [5.41, 5.74) is 0. The molecule has 2 unspecified atom stereocenters. The van der Waals surface area contributed by atoms with Crippen molar-refractivity contribution in [1.29, 1.82) is 0 Å². The molecule has 6 nitrogen and oxygen atoms in total. The van der Waals surface area contributed by atoms with Crippen LogP contribution >= 0.6 is 11.6 Å². The van der Waals surface area contributed by atoms with E-state index in [-0.39, 0.29) is 0 Å². The minimum absolute atomic E-state index is 0.468. The summed E-state index contributed by atoms with van der Waals surface area (Å²) in [6.45, 7) is 0.974. The average molecular weight is 302 g/mol. The van der Waals surface area contributed by atoms with Gasteiger partial charge >= 0.3 is 5.97 Å². The van der Waals surface area contributed by atoms with Crippen LogP contribution in [-0.2, 0) is 14.3 Å². The van der Waals surface area contributed by atoms with Gasteiger partial charge in [-0.1, -0.05) is 11.6 Å². The van der Waals surface area contributed by atoms with Crippen LogP contribution in [0.15, 0.2) is 24.3 Å². The van der Waals surface area contributed by atoms with Crippen LogP contribution in [0.2, 0.25) is 5.02 Å². The van der Waals surface area contributed by atoms with Crippen molar-refractivity contribution in [3.63, 3.8) is 0 Å². The van der Waals surface area contributed by atoms with Gasteiger partial charge in [0.05, 0.1) is 13.7 Å². The van der Waals surface area contributed by atoms with Crippen molar-refractivity contribution < 1.29 is 24.2 Å². The first-order valence-electron chi connectivity index (χ1n) is 5.89. The third-order valence-electron chi connectivity index (χ3n) is 2.48. The van der Waals surface area contributed by atoms with Crippen LogP contribution in [0.5, 0.6) is 5.75 Å². The van der Waals surface area contributed by atoms with Crippen molar-refractivity contribution in [3.05, 3.63) is 29.3 Å². The Kier molecular flexibility index (Phi) is 6.27. The molecule has 0 aliphatic rings. The molecule has 0 aliphatic carbocycles. The molecule has 0 fully saturated rings. The Hall–Kier alpha value is -1.79. The SMILES string of the molecule is COC(=O)C(CO)NC(=O)C(C)Oc1ccc(Cl)cc1. The molecule has 2 N–H and O–H groups in total. The van der Waals surface area contributed by atoms with Gasteiger partial charge in [0.15, 0.2) is 12.1 Å². The Morgan fingerprint density at radius 3 is 2.45 bits per heavy atom. The molecule has 0 radical (unpaired) electrons. The van der Waals surface area contributed by atoms with Gasteiger partial charge in [-0.3, -0.25) is 4.79 Å². The van der Waals surface area contributed by atoms with Crippen LogP contribution in [0, 0.1) is 0 Å². The lowest BCUT2D eigenvalue weighted by atomic mass is 10.2. The van der Waals surface area contributed by atoms with E-state index in [4.69, 9.17) is 21.4 Å². The molecule has 7 heteroatoms. The number of rotatable bonds is 6. The summed E-state index contributed by atoms with van der Waals surface area (Å²) in [6.07, 6.45) is -0.838. The van der Waals surface area contributed by atoms with E-state index in [1.54, 1.807) is 24.3 Å². The number of methoxy groups -OCH3 is 1. The van der Waals surface area contributed by atoms with Crippen LogP contribution in [0.3, 0.4) is 0 Å². The molecular weight excluding hydrogens is 286 g/mol. The minimum Gasteiger partial charge on any atom is -0.481 e. The highest BCUT2D eigenvalue weighted by molar-refractivity contribution is 6.30. The normalized spacial score (nSPS) is 13.2. The number of hydrogen-bond acceptors (Lipinski definition) is 5. The van der Waals surface area contributed by atoms with E-state index < -0.39 is 30.6 Å². The Morgan fingerprint density at radius 1 is 1.35 bits per heavy atom. The Bertz CT molecular complexity index is 462. The number of ether oxygens (including phenoxy) is 2. The summed E-state index contributed by atoms with van der Waals surface area (Å²) in [5, 5.41) is 11.9. The summed E-state index contributed by atoms with van der Waals surface area (Å²) in [5.74, 6) is -0.792. The molecule has 0 spiro atoms. The third kappa shape index (κ3) is 4.71. The summed E-state index contributed by atoms with van der Waals surface area (Å²) in [4.78, 5) is 23.1. The molecule has 0 saturated heterocycles. The van der Waals surface area contributed by atoms with Crippen LogP contribution < -0.4 is 10.1 Å². The zero-order valence-electron chi connectivity index (χ0n) is 11.1. The number of carbonyl (C=O) groups excluding carboxylic acids is 2. The van der Waals surface area contributed by atoms with E-state index in [0.717, 1.165) is 0 Å². The third-order valence-corrected chi connectivity index (χ3v) is 2.73. The maximum atomic E-state index is 11.8. The lowest BCUT2D eigenvalue weighted by Gasteiger charge is -2.18. The van der Waals surface area contributed by atoms with Gasteiger partial charge in [0.1, 0.15) is 5.75 Å². The Labute approximate surface area is 121 Å². The summed E-state index contributed by atoms with van der Waals surface area (Å²) < 4.78 is 9.83. The Balaban J connectivity index is 2.58. The molecule has 110 valence electrons. The number of halogens is 1. The number of aliphatic hydroxyl groups excluding tert-OH is 1. The van der Waals surface area contributed by atoms with Gasteiger partial charge in [0.25, 0.3) is 5.91 Å². The number of aliphatic hydroxyl groups is 1. The number of amides is 1. The molecule has 0 aromatic heterocycles. The van der Waals surface area contributed by atoms with Gasteiger partial charge in [-0.2, -0.15) is 0 Å². The van der Waals surface area contributed by atoms with Crippen LogP contribution in [-0.4, -0.2) is 42.8 Å². The van der Waals surface area contributed by atoms with E-state index in [0.29, 0.717) is 10.8 Å². The Morgan fingerprint density at radius 2 is 1.95 bits per heavy atom. The molecule has 0 aliphatic heterocycles. The standard InChI is InChI=1S/C13H16ClNO5/c1-8(20-10-5-3-9(14)4-6-10)12(17)15-11(7-16)13(18)19-2/h3-6,8,11,16H,7H2,1-2H3,(H,15,17). The number of carbonyl (C=O) groups is 2. The first-order valence-corrected chi connectivity index (χ1v) is 6.27. The van der Waals surface area contributed by atoms with Gasteiger partial charge in [-0.05, 0) is 31.2 Å². The quantitative estimate of drug-likeness (QED) is 0.758. The van der Waals surface area contributed by atoms with Crippen molar-refractivity contribution in [2.24, 2.45) is 0 Å². The maximum absolute atomic E-state index is 11.8. The average Bonchev–Trinajstić information content (AvgIpc) is 2.45. The van der Waals surface area contributed by atoms with Crippen molar-refractivity contribution in [3.8, 4) is 5.75 Å². The van der Waals surface area contributed by atoms with Crippen molar-refractivity contribution in [1.82, 2.24) is 5.32 Å². The van der Waals surface area contributed by atoms with E-state index >= 15 is 0 Å². The van der Waals surface area contributed by atoms with Crippen molar-refractivity contribution in [2.75, 3.05) is 13.7 Å². The van der Waals surface area contributed by atoms with Crippen LogP contribution in [0.25, 0.3) is 0 Å². The van der Waals surface area contributed by atoms with E-state index in [2.05, 4.69) is 10.1 Å². The lowest BCUT2D eigenvalue weighted by molar-refractivity contribution is -0.147. The fourth-order valence-corrected chi connectivity index (χ4v) is 1.51. The monoisotopic (exact) mass is 301 g/mol. The van der Waals surface area contributed by atoms with Gasteiger partial charge in [0, 0.05) is 5.02 Å². The zero-order chi connectivity index (χ0) is 15.1. The number of hydrogen-bond donors (Lipinski definition) is 2. The molecular formula is C13H16ClNO5. The van der Waals surface area contributed by atoms with Gasteiger partial charge in [-0.25, -0.2) is 4.79 Å². The van der Waals surface area contributed by atoms with Crippen molar-refractivity contribution >= 4 is 23.5 Å². The van der Waals surface area contributed by atoms with E-state index in [9.17, 15) is 9.59 Å². The van der Waals surface area contributed by atoms with E-state index in [1.165, 1.54) is 14.0 Å². The second-order valence-corrected chi connectivity index (χ2v) is 4.42. The van der Waals surface area contributed by atoms with Crippen molar-refractivity contribution in [2.45, 2.75) is 19.1 Å². The van der Waals surface area contributed by atoms with Gasteiger partial charge < -0.3 is 19.9 Å². The minimum atomic E-state index is -1.11. The predicted molar refractivity (Wildman–Crippen MR) is 72.6 cm³/mol. The molecule has 0 bridgehead atoms. The topological polar surface area (TPSA) is 84.9 Å². The van der Waals surface area contributed by atoms with E-state index in [1.807, 2.05) is 0 Å². The summed E-state index contributed by atoms with van der Waals surface area (Å²) >= 11 is 5.74. The molecule has 2 atom stereocenters. The first-order chi connectivity index (χ1) is 9.47. The summed E-state index contributed by atoms with van der Waals surface area (Å²) in [7, 11) is 1.17. The predicted octanol–water partition coefficient (Wildman–Crippen LogP) is 0.757. The van der Waals surface area contributed by atoms with Crippen LogP contribution in [0.1, 0.15) is 6.92 Å². The highest BCUT2D eigenvalue weighted by atomic mass is 35.5. The fourth-order valence-electron chi connectivity index (χ4n) is 1.38. The second-order valence-electron chi connectivity index (χ2n) is 3.98. The molecule has 1 aromatic rings. The van der Waals surface area contributed by atoms with Crippen LogP contribution in [0.4, 0.5) is 0 Å². The van der Waals surface area contributed by atoms with Gasteiger partial charge in [0.2, 0.25) is 0 Å². The number of benzene rings is 1. The number of esters is 1. The highest BCUT2D eigenvalue weighted by Crippen LogP contribution is 2.16. The highest BCUT2D eigenvalue weighted by Gasteiger charge is 2.24. The molecule has 20 heavy (non-hydrogen) atoms. The molecule has 1 rings (SSSR count). The maximum Gasteiger partial charge on any atom is 0.330 e. The smallest absolute Gasteiger partial charge is 0.330 e. The first kappa shape index (κ1) is 16.3. The molecule has 0 heterocycles. The molecule has 1 aromatic carbocycles. The zero-order valence-corrected chi connectivity index (χ0v) is 11.9. The molecule has 1 amide bonds. The largest absolute Gasteiger partial charge is 0.481 e.